The average molecular weight is 521 g/mol. The fourth-order valence-corrected chi connectivity index (χ4v) is 7.40. The maximum atomic E-state index is 12.2. The predicted octanol–water partition coefficient (Wildman–Crippen LogP) is 5.14. The number of carbonyl (C=O) groups is 3. The minimum absolute atomic E-state index is 0.110. The molecule has 0 amide bonds. The van der Waals surface area contributed by atoms with Crippen LogP contribution in [0.15, 0.2) is 48.5 Å². The molecule has 2 saturated carbocycles. The lowest BCUT2D eigenvalue weighted by atomic mass is 9.55. The van der Waals surface area contributed by atoms with Crippen LogP contribution >= 0.6 is 0 Å². The first-order valence-corrected chi connectivity index (χ1v) is 13.5. The van der Waals surface area contributed by atoms with E-state index in [0.717, 1.165) is 37.0 Å². The van der Waals surface area contributed by atoms with E-state index in [1.807, 2.05) is 24.3 Å². The second-order valence-corrected chi connectivity index (χ2v) is 11.2. The summed E-state index contributed by atoms with van der Waals surface area (Å²) in [4.78, 5) is 36.4. The van der Waals surface area contributed by atoms with Gasteiger partial charge in [0, 0.05) is 32.1 Å². The third kappa shape index (κ3) is 4.91. The van der Waals surface area contributed by atoms with E-state index in [0.29, 0.717) is 6.61 Å². The molecule has 2 aromatic rings. The van der Waals surface area contributed by atoms with Crippen LogP contribution in [0, 0.1) is 17.3 Å². The standard InChI is InChI=1S/C31H36O7/c1-18(32)36-28-27-26-12-10-22-16-23(35-17-21-8-6-5-7-9-21)11-13-24(22)25(26)14-15-31(27,4)30(38-20(3)34)29(28)37-19(2)33/h5-9,11,13,16,25-30H,10,12,14-15,17H2,1-4H3/t25-,26-,27-,28-,29-,30+,31+/m1/s1. The molecule has 5 rings (SSSR count). The van der Waals surface area contributed by atoms with Gasteiger partial charge in [-0.1, -0.05) is 43.3 Å². The molecule has 0 bridgehead atoms. The predicted molar refractivity (Wildman–Crippen MR) is 139 cm³/mol. The van der Waals surface area contributed by atoms with Gasteiger partial charge in [0.1, 0.15) is 24.6 Å². The van der Waals surface area contributed by atoms with Gasteiger partial charge in [0.25, 0.3) is 0 Å². The molecule has 2 fully saturated rings. The molecule has 7 atom stereocenters. The van der Waals surface area contributed by atoms with Crippen LogP contribution in [0.5, 0.6) is 5.75 Å². The minimum atomic E-state index is -0.829. The minimum Gasteiger partial charge on any atom is -0.489 e. The molecule has 3 aliphatic rings. The first-order valence-electron chi connectivity index (χ1n) is 13.5. The Morgan fingerprint density at radius 3 is 2.24 bits per heavy atom. The van der Waals surface area contributed by atoms with E-state index in [4.69, 9.17) is 18.9 Å². The van der Waals surface area contributed by atoms with E-state index in [-0.39, 0.29) is 17.8 Å². The molecule has 2 aromatic carbocycles. The fourth-order valence-electron chi connectivity index (χ4n) is 7.40. The van der Waals surface area contributed by atoms with Gasteiger partial charge in [-0.15, -0.1) is 0 Å². The van der Waals surface area contributed by atoms with Gasteiger partial charge < -0.3 is 18.9 Å². The van der Waals surface area contributed by atoms with E-state index in [2.05, 4.69) is 31.2 Å². The average Bonchev–Trinajstić information content (AvgIpc) is 3.09. The van der Waals surface area contributed by atoms with E-state index in [1.165, 1.54) is 31.9 Å². The van der Waals surface area contributed by atoms with Gasteiger partial charge in [0.15, 0.2) is 6.10 Å². The number of aryl methyl sites for hydroxylation is 1. The number of fused-ring (bicyclic) bond motifs is 5. The van der Waals surface area contributed by atoms with Crippen molar-refractivity contribution < 1.29 is 33.3 Å². The Hall–Kier alpha value is -3.35. The molecule has 0 spiro atoms. The largest absolute Gasteiger partial charge is 0.489 e. The van der Waals surface area contributed by atoms with Crippen molar-refractivity contribution >= 4 is 17.9 Å². The second kappa shape index (κ2) is 10.4. The highest BCUT2D eigenvalue weighted by molar-refractivity contribution is 5.69. The highest BCUT2D eigenvalue weighted by Gasteiger charge is 2.67. The summed E-state index contributed by atoms with van der Waals surface area (Å²) in [6.45, 7) is 6.68. The third-order valence-corrected chi connectivity index (χ3v) is 8.77. The first kappa shape index (κ1) is 26.3. The Bertz CT molecular complexity index is 1210. The van der Waals surface area contributed by atoms with Gasteiger partial charge in [-0.3, -0.25) is 14.4 Å². The molecule has 202 valence electrons. The third-order valence-electron chi connectivity index (χ3n) is 8.77. The molecule has 0 radical (unpaired) electrons. The normalized spacial score (nSPS) is 31.3. The summed E-state index contributed by atoms with van der Waals surface area (Å²) >= 11 is 0. The number of esters is 3. The summed E-state index contributed by atoms with van der Waals surface area (Å²) in [5.74, 6) is -0.144. The van der Waals surface area contributed by atoms with Crippen LogP contribution in [0.25, 0.3) is 0 Å². The van der Waals surface area contributed by atoms with Crippen molar-refractivity contribution in [2.24, 2.45) is 17.3 Å². The molecule has 0 unspecified atom stereocenters. The Balaban J connectivity index is 1.44. The van der Waals surface area contributed by atoms with Gasteiger partial charge in [-0.2, -0.15) is 0 Å². The van der Waals surface area contributed by atoms with Gasteiger partial charge in [0.05, 0.1) is 0 Å². The van der Waals surface area contributed by atoms with E-state index < -0.39 is 41.6 Å². The van der Waals surface area contributed by atoms with Crippen LogP contribution in [0.3, 0.4) is 0 Å². The Morgan fingerprint density at radius 1 is 0.868 bits per heavy atom. The number of hydrogen-bond acceptors (Lipinski definition) is 7. The van der Waals surface area contributed by atoms with Crippen molar-refractivity contribution in [3.63, 3.8) is 0 Å². The first-order chi connectivity index (χ1) is 18.2. The lowest BCUT2D eigenvalue weighted by Crippen LogP contribution is -2.47. The number of hydrogen-bond donors (Lipinski definition) is 0. The highest BCUT2D eigenvalue weighted by atomic mass is 16.6. The number of ether oxygens (including phenoxy) is 4. The zero-order chi connectivity index (χ0) is 27.0. The molecule has 7 heteroatoms. The van der Waals surface area contributed by atoms with Crippen LogP contribution in [0.1, 0.15) is 69.6 Å². The fraction of sp³-hybridized carbons (Fsp3) is 0.516. The molecule has 0 aromatic heterocycles. The molecule has 0 saturated heterocycles. The molecule has 0 heterocycles. The van der Waals surface area contributed by atoms with Crippen molar-refractivity contribution in [2.75, 3.05) is 0 Å². The van der Waals surface area contributed by atoms with Gasteiger partial charge in [-0.25, -0.2) is 0 Å². The summed E-state index contributed by atoms with van der Waals surface area (Å²) in [6, 6.07) is 16.5. The van der Waals surface area contributed by atoms with Crippen LogP contribution in [-0.4, -0.2) is 36.2 Å². The second-order valence-electron chi connectivity index (χ2n) is 11.2. The summed E-state index contributed by atoms with van der Waals surface area (Å²) in [5, 5.41) is 0. The quantitative estimate of drug-likeness (QED) is 0.385. The Kier molecular flexibility index (Phi) is 7.21. The van der Waals surface area contributed by atoms with Crippen molar-refractivity contribution in [1.82, 2.24) is 0 Å². The summed E-state index contributed by atoms with van der Waals surface area (Å²) in [6.07, 6.45) is 1.27. The van der Waals surface area contributed by atoms with Gasteiger partial charge in [-0.05, 0) is 66.3 Å². The molecule has 7 nitrogen and oxygen atoms in total. The smallest absolute Gasteiger partial charge is 0.303 e. The van der Waals surface area contributed by atoms with Crippen LogP contribution in [0.4, 0.5) is 0 Å². The van der Waals surface area contributed by atoms with Crippen LogP contribution in [-0.2, 0) is 41.6 Å². The lowest BCUT2D eigenvalue weighted by molar-refractivity contribution is -0.178. The number of benzene rings is 2. The Morgan fingerprint density at radius 2 is 1.55 bits per heavy atom. The van der Waals surface area contributed by atoms with Crippen molar-refractivity contribution in [1.29, 1.82) is 0 Å². The molecule has 3 aliphatic carbocycles. The zero-order valence-electron chi connectivity index (χ0n) is 22.5. The summed E-state index contributed by atoms with van der Waals surface area (Å²) in [7, 11) is 0. The maximum Gasteiger partial charge on any atom is 0.303 e. The molecular weight excluding hydrogens is 484 g/mol. The number of rotatable bonds is 6. The van der Waals surface area contributed by atoms with Gasteiger partial charge >= 0.3 is 17.9 Å². The molecule has 0 N–H and O–H groups in total. The van der Waals surface area contributed by atoms with Crippen LogP contribution in [0.2, 0.25) is 0 Å². The monoisotopic (exact) mass is 520 g/mol. The summed E-state index contributed by atoms with van der Waals surface area (Å²) < 4.78 is 23.5. The Labute approximate surface area is 223 Å². The zero-order valence-corrected chi connectivity index (χ0v) is 22.5. The summed E-state index contributed by atoms with van der Waals surface area (Å²) in [5.41, 5.74) is 3.23. The maximum absolute atomic E-state index is 12.2. The number of carbonyl (C=O) groups excluding carboxylic acids is 3. The van der Waals surface area contributed by atoms with Gasteiger partial charge in [0.2, 0.25) is 0 Å². The lowest BCUT2D eigenvalue weighted by Gasteiger charge is -2.50. The molecular formula is C31H36O7. The van der Waals surface area contributed by atoms with E-state index >= 15 is 0 Å². The van der Waals surface area contributed by atoms with Crippen LogP contribution < -0.4 is 4.74 Å². The van der Waals surface area contributed by atoms with Crippen molar-refractivity contribution in [2.45, 2.75) is 84.2 Å². The van der Waals surface area contributed by atoms with E-state index in [9.17, 15) is 14.4 Å². The highest BCUT2D eigenvalue weighted by Crippen LogP contribution is 2.62. The SMILES string of the molecule is CC(=O)O[C@@H]1[C@H](OC(C)=O)[C@H]2[C@@H]3CCc4cc(OCc5ccccc5)ccc4[C@H]3CC[C@]2(C)[C@H]1OC(C)=O. The topological polar surface area (TPSA) is 88.1 Å². The van der Waals surface area contributed by atoms with E-state index in [1.54, 1.807) is 0 Å². The van der Waals surface area contributed by atoms with Crippen molar-refractivity contribution in [3.05, 3.63) is 65.2 Å². The molecule has 0 aliphatic heterocycles. The van der Waals surface area contributed by atoms with Crippen molar-refractivity contribution in [3.8, 4) is 5.75 Å². The molecule has 38 heavy (non-hydrogen) atoms.